The average Bonchev–Trinajstić information content (AvgIpc) is 2.96. The number of rotatable bonds is 9. The molecule has 0 aliphatic carbocycles. The zero-order valence-corrected chi connectivity index (χ0v) is 16.3. The Labute approximate surface area is 191 Å². The second-order valence-electron chi connectivity index (χ2n) is 7.29. The number of aliphatic hydroxyl groups is 1. The summed E-state index contributed by atoms with van der Waals surface area (Å²) in [6.45, 7) is 1.28. The van der Waals surface area contributed by atoms with Gasteiger partial charge in [-0.1, -0.05) is 0 Å². The molecule has 1 rings (SSSR count). The van der Waals surface area contributed by atoms with Crippen LogP contribution < -0.4 is 0 Å². The van der Waals surface area contributed by atoms with Gasteiger partial charge < -0.3 is 9.84 Å². The normalized spacial score (nSPS) is 14.7. The summed E-state index contributed by atoms with van der Waals surface area (Å²) in [7, 11) is 69.7. The fraction of sp³-hybridized carbons (Fsp3) is 1.00. The minimum atomic E-state index is -0.926. The SMILES string of the molecule is OC1CCOC1.[B]B([B])B(B([B])[B])B(B(B([B])[B])B([B])[B])B(B([B])[B])B([B])[B]. The maximum atomic E-state index is 8.60. The minimum absolute atomic E-state index is 0.176. The van der Waals surface area contributed by atoms with Crippen LogP contribution in [0.2, 0.25) is 0 Å². The first-order valence-electron chi connectivity index (χ1n) is 9.15. The molecule has 0 saturated carbocycles. The maximum absolute atomic E-state index is 8.60. The second kappa shape index (κ2) is 14.4. The first-order valence-corrected chi connectivity index (χ1v) is 9.15. The Hall–Kier alpha value is 1.35. The van der Waals surface area contributed by atoms with Crippen molar-refractivity contribution >= 4 is 157 Å². The Morgan fingerprint density at radius 1 is 0.536 bits per heavy atom. The number of aliphatic hydroxyl groups excluding tert-OH is 1. The van der Waals surface area contributed by atoms with Crippen molar-refractivity contribution in [1.29, 1.82) is 0 Å². The summed E-state index contributed by atoms with van der Waals surface area (Å²) < 4.78 is 4.81. The van der Waals surface area contributed by atoms with Crippen molar-refractivity contribution in [2.75, 3.05) is 13.2 Å². The van der Waals surface area contributed by atoms with Crippen LogP contribution in [0.1, 0.15) is 6.42 Å². The van der Waals surface area contributed by atoms with E-state index in [0.29, 0.717) is 6.61 Å². The van der Waals surface area contributed by atoms with E-state index in [4.69, 9.17) is 103 Å². The summed E-state index contributed by atoms with van der Waals surface area (Å²) in [5.41, 5.74) is 0. The smallest absolute Gasteiger partial charge is 0.0795 e. The van der Waals surface area contributed by atoms with E-state index in [1.807, 2.05) is 0 Å². The predicted octanol–water partition coefficient (Wildman–Crippen LogP) is -8.61. The van der Waals surface area contributed by atoms with Gasteiger partial charge in [0.25, 0.3) is 0 Å². The fourth-order valence-electron chi connectivity index (χ4n) is 3.60. The van der Waals surface area contributed by atoms with Crippen LogP contribution in [0.4, 0.5) is 0 Å². The van der Waals surface area contributed by atoms with Gasteiger partial charge in [0.15, 0.2) is 0 Å². The molecule has 1 saturated heterocycles. The first kappa shape index (κ1) is 29.3. The highest BCUT2D eigenvalue weighted by Gasteiger charge is 2.46. The Kier molecular flexibility index (Phi) is 15.1. The van der Waals surface area contributed by atoms with Crippen LogP contribution in [0.25, 0.3) is 0 Å². The molecule has 1 atom stereocenters. The summed E-state index contributed by atoms with van der Waals surface area (Å²) in [6.07, 6.45) is -7.69. The summed E-state index contributed by atoms with van der Waals surface area (Å²) in [6, 6.07) is 0. The fourth-order valence-corrected chi connectivity index (χ4v) is 3.60. The molecule has 1 heterocycles. The third-order valence-electron chi connectivity index (χ3n) is 4.91. The molecule has 1 aliphatic heterocycles. The lowest BCUT2D eigenvalue weighted by atomic mass is 8.36. The lowest BCUT2D eigenvalue weighted by Gasteiger charge is -2.45. The first-order chi connectivity index (χ1) is 12.8. The largest absolute Gasteiger partial charge is 0.391 e. The van der Waals surface area contributed by atoms with Crippen molar-refractivity contribution < 1.29 is 9.84 Å². The molecule has 0 bridgehead atoms. The molecule has 0 spiro atoms. The summed E-state index contributed by atoms with van der Waals surface area (Å²) >= 11 is 0. The van der Waals surface area contributed by atoms with E-state index in [0.717, 1.165) is 13.0 Å². The van der Waals surface area contributed by atoms with Crippen molar-refractivity contribution in [2.45, 2.75) is 12.5 Å². The molecule has 0 aromatic carbocycles. The van der Waals surface area contributed by atoms with E-state index in [1.54, 1.807) is 0 Å². The van der Waals surface area contributed by atoms with Crippen LogP contribution in [0.5, 0.6) is 0 Å². The molecule has 1 fully saturated rings. The molecule has 0 aromatic heterocycles. The Morgan fingerprint density at radius 2 is 0.821 bits per heavy atom. The molecule has 0 amide bonds. The molecule has 0 aromatic rings. The molecule has 1 N–H and O–H groups in total. The Morgan fingerprint density at radius 3 is 0.929 bits per heavy atom. The maximum Gasteiger partial charge on any atom is 0.0795 e. The summed E-state index contributed by atoms with van der Waals surface area (Å²) in [4.78, 5) is 0. The van der Waals surface area contributed by atoms with Crippen LogP contribution in [-0.2, 0) is 4.74 Å². The monoisotopic (exact) mass is 330 g/mol. The minimum Gasteiger partial charge on any atom is -0.391 e. The molecule has 24 heteroatoms. The van der Waals surface area contributed by atoms with Crippen molar-refractivity contribution in [3.8, 4) is 0 Å². The van der Waals surface area contributed by atoms with E-state index in [2.05, 4.69) is 0 Å². The standard InChI is InChI=1S/C4H8O2.B22/c5-4-1-2-6-3-4;1-13(2)19(14(3)4)22(20(15(5)6)16(7)8)21(17(9)10)18(11)12/h4-5H,1-3H2;. The summed E-state index contributed by atoms with van der Waals surface area (Å²) in [5.74, 6) is 0. The Bertz CT molecular complexity index is 322. The predicted molar refractivity (Wildman–Crippen MR) is 148 cm³/mol. The molecular formula is C4H8B22O2. The number of ether oxygens (including phenoxy) is 1. The van der Waals surface area contributed by atoms with E-state index in [9.17, 15) is 0 Å². The van der Waals surface area contributed by atoms with Gasteiger partial charge in [-0.3, -0.25) is 0 Å². The third kappa shape index (κ3) is 9.65. The highest BCUT2D eigenvalue weighted by Crippen LogP contribution is 2.08. The molecule has 1 unspecified atom stereocenters. The van der Waals surface area contributed by atoms with E-state index < -0.39 is 63.9 Å². The van der Waals surface area contributed by atoms with Crippen molar-refractivity contribution in [3.05, 3.63) is 0 Å². The van der Waals surface area contributed by atoms with E-state index >= 15 is 0 Å². The van der Waals surface area contributed by atoms with E-state index in [-0.39, 0.29) is 6.10 Å². The number of hydrogen-bond acceptors (Lipinski definition) is 2. The van der Waals surface area contributed by atoms with Gasteiger partial charge >= 0.3 is 0 Å². The van der Waals surface area contributed by atoms with Crippen LogP contribution >= 0.6 is 0 Å². The zero-order chi connectivity index (χ0) is 22.2. The second-order valence-corrected chi connectivity index (χ2v) is 7.29. The van der Waals surface area contributed by atoms with Gasteiger partial charge in [-0.25, -0.2) is 0 Å². The third-order valence-corrected chi connectivity index (χ3v) is 4.91. The van der Waals surface area contributed by atoms with Crippen molar-refractivity contribution in [2.24, 2.45) is 0 Å². The molecule has 24 radical (unpaired) electrons. The van der Waals surface area contributed by atoms with Gasteiger partial charge in [0.1, 0.15) is 0 Å². The molecule has 1 aliphatic rings. The highest BCUT2D eigenvalue weighted by atomic mass is 16.5. The van der Waals surface area contributed by atoms with Gasteiger partial charge in [-0.2, -0.15) is 0 Å². The van der Waals surface area contributed by atoms with Gasteiger partial charge in [-0.05, 0) is 6.42 Å². The van der Waals surface area contributed by atoms with Crippen LogP contribution in [-0.4, -0.2) is 181 Å². The topological polar surface area (TPSA) is 29.5 Å². The van der Waals surface area contributed by atoms with Gasteiger partial charge in [0.2, 0.25) is 0 Å². The lowest BCUT2D eigenvalue weighted by Crippen LogP contribution is -2.83. The van der Waals surface area contributed by atoms with Crippen LogP contribution in [0.15, 0.2) is 0 Å². The highest BCUT2D eigenvalue weighted by molar-refractivity contribution is 8.22. The molecule has 2 nitrogen and oxygen atoms in total. The average molecular weight is 326 g/mol. The zero-order valence-electron chi connectivity index (χ0n) is 16.3. The van der Waals surface area contributed by atoms with Crippen LogP contribution in [0.3, 0.4) is 0 Å². The van der Waals surface area contributed by atoms with Crippen LogP contribution in [0, 0.1) is 0 Å². The number of hydrogen-bond donors (Lipinski definition) is 1. The van der Waals surface area contributed by atoms with Gasteiger partial charge in [0, 0.05) is 163 Å². The van der Waals surface area contributed by atoms with Crippen molar-refractivity contribution in [3.63, 3.8) is 0 Å². The van der Waals surface area contributed by atoms with Gasteiger partial charge in [0.05, 0.1) is 12.7 Å². The Balaban J connectivity index is 0.00000102. The lowest BCUT2D eigenvalue weighted by molar-refractivity contribution is 0.127. The van der Waals surface area contributed by atoms with E-state index in [1.165, 1.54) is 0 Å². The quantitative estimate of drug-likeness (QED) is 0.427. The summed E-state index contributed by atoms with van der Waals surface area (Å²) in [5, 5.41) is 8.60. The van der Waals surface area contributed by atoms with Gasteiger partial charge in [-0.15, -0.1) is 0 Å². The molecule has 28 heavy (non-hydrogen) atoms. The molecular weight excluding hydrogens is 318 g/mol. The van der Waals surface area contributed by atoms with Crippen molar-refractivity contribution in [1.82, 2.24) is 0 Å². The molecule has 102 valence electrons.